The topological polar surface area (TPSA) is 39.2 Å². The molecule has 1 saturated heterocycles. The van der Waals surface area contributed by atoms with Gasteiger partial charge in [-0.05, 0) is 13.3 Å². The minimum absolute atomic E-state index is 0.0149. The van der Waals surface area contributed by atoms with Crippen molar-refractivity contribution < 1.29 is 22.7 Å². The molecule has 1 aromatic heterocycles. The molecule has 94 valence electrons. The van der Waals surface area contributed by atoms with E-state index in [0.29, 0.717) is 17.8 Å². The first-order valence-electron chi connectivity index (χ1n) is 5.06. The zero-order valence-corrected chi connectivity index (χ0v) is 9.77. The van der Waals surface area contributed by atoms with Crippen LogP contribution >= 0.6 is 11.3 Å². The monoisotopic (exact) mass is 265 g/mol. The molecule has 0 amide bonds. The Hall–Kier alpha value is -0.950. The van der Waals surface area contributed by atoms with Gasteiger partial charge in [0.15, 0.2) is 10.8 Å². The number of alkyl halides is 3. The zero-order valence-electron chi connectivity index (χ0n) is 8.95. The number of aromatic nitrogens is 1. The van der Waals surface area contributed by atoms with Crippen LogP contribution in [0.5, 0.6) is 0 Å². The van der Waals surface area contributed by atoms with E-state index in [1.807, 2.05) is 6.92 Å². The predicted octanol–water partition coefficient (Wildman–Crippen LogP) is 2.77. The van der Waals surface area contributed by atoms with E-state index in [1.165, 1.54) is 0 Å². The van der Waals surface area contributed by atoms with Gasteiger partial charge in [-0.3, -0.25) is 4.79 Å². The van der Waals surface area contributed by atoms with Gasteiger partial charge in [0, 0.05) is 12.1 Å². The molecular weight excluding hydrogens is 255 g/mol. The number of Topliss-reactive ketones (excluding diaryl/α,β-unsaturated/α-hetero) is 1. The Morgan fingerprint density at radius 3 is 2.76 bits per heavy atom. The highest BCUT2D eigenvalue weighted by atomic mass is 32.1. The second kappa shape index (κ2) is 4.38. The van der Waals surface area contributed by atoms with E-state index in [4.69, 9.17) is 4.74 Å². The number of rotatable bonds is 2. The Bertz CT molecular complexity index is 429. The van der Waals surface area contributed by atoms with Crippen LogP contribution in [0.4, 0.5) is 13.2 Å². The van der Waals surface area contributed by atoms with Crippen molar-refractivity contribution in [2.75, 3.05) is 6.61 Å². The highest BCUT2D eigenvalue weighted by Gasteiger charge is 2.37. The fraction of sp³-hybridized carbons (Fsp3) is 0.600. The van der Waals surface area contributed by atoms with Gasteiger partial charge in [0.1, 0.15) is 0 Å². The van der Waals surface area contributed by atoms with Crippen LogP contribution < -0.4 is 0 Å². The lowest BCUT2D eigenvalue weighted by atomic mass is 10.0. The molecular formula is C10H10F3NO2S. The third-order valence-corrected chi connectivity index (χ3v) is 3.62. The quantitative estimate of drug-likeness (QED) is 0.772. The molecule has 1 aliphatic rings. The van der Waals surface area contributed by atoms with Gasteiger partial charge >= 0.3 is 6.18 Å². The van der Waals surface area contributed by atoms with Crippen molar-refractivity contribution in [3.8, 4) is 0 Å². The summed E-state index contributed by atoms with van der Waals surface area (Å²) in [5, 5.41) is -0.979. The molecule has 2 atom stereocenters. The number of carbonyl (C=O) groups is 1. The van der Waals surface area contributed by atoms with Crippen molar-refractivity contribution in [3.05, 3.63) is 16.1 Å². The number of thiazole rings is 1. The Labute approximate surface area is 99.6 Å². The number of hydrogen-bond acceptors (Lipinski definition) is 4. The summed E-state index contributed by atoms with van der Waals surface area (Å²) in [6, 6.07) is 0. The number of hydrogen-bond donors (Lipinski definition) is 0. The van der Waals surface area contributed by atoms with Crippen molar-refractivity contribution in [1.29, 1.82) is 0 Å². The summed E-state index contributed by atoms with van der Waals surface area (Å²) in [4.78, 5) is 15.1. The summed E-state index contributed by atoms with van der Waals surface area (Å²) in [5.74, 6) is -0.645. The lowest BCUT2D eigenvalue weighted by Gasteiger charge is -2.03. The van der Waals surface area contributed by atoms with Gasteiger partial charge in [0.05, 0.1) is 17.6 Å². The Morgan fingerprint density at radius 2 is 2.29 bits per heavy atom. The molecule has 0 aromatic carbocycles. The molecule has 0 bridgehead atoms. The molecule has 1 aliphatic heterocycles. The number of carbonyl (C=O) groups excluding carboxylic acids is 1. The number of nitrogens with zero attached hydrogens (tertiary/aromatic N) is 1. The number of ketones is 1. The third kappa shape index (κ3) is 2.66. The van der Waals surface area contributed by atoms with Crippen LogP contribution in [0.25, 0.3) is 0 Å². The van der Waals surface area contributed by atoms with Crippen LogP contribution in [-0.2, 0) is 10.9 Å². The van der Waals surface area contributed by atoms with Gasteiger partial charge in [-0.2, -0.15) is 13.2 Å². The van der Waals surface area contributed by atoms with Gasteiger partial charge in [-0.25, -0.2) is 4.98 Å². The molecule has 1 aromatic rings. The Morgan fingerprint density at radius 1 is 1.59 bits per heavy atom. The van der Waals surface area contributed by atoms with E-state index in [1.54, 1.807) is 0 Å². The van der Waals surface area contributed by atoms with Crippen LogP contribution in [0.1, 0.15) is 28.0 Å². The first-order valence-corrected chi connectivity index (χ1v) is 5.88. The molecule has 0 radical (unpaired) electrons. The van der Waals surface area contributed by atoms with Crippen molar-refractivity contribution in [2.24, 2.45) is 5.92 Å². The normalized spacial score (nSPS) is 25.2. The maximum absolute atomic E-state index is 12.3. The smallest absolute Gasteiger partial charge is 0.378 e. The van der Waals surface area contributed by atoms with Crippen molar-refractivity contribution >= 4 is 17.1 Å². The van der Waals surface area contributed by atoms with Crippen molar-refractivity contribution in [3.63, 3.8) is 0 Å². The molecule has 0 N–H and O–H groups in total. The van der Waals surface area contributed by atoms with Crippen molar-refractivity contribution in [2.45, 2.75) is 25.6 Å². The van der Waals surface area contributed by atoms with Crippen LogP contribution in [0.2, 0.25) is 0 Å². The molecule has 1 fully saturated rings. The van der Waals surface area contributed by atoms with E-state index in [0.717, 1.165) is 6.20 Å². The largest absolute Gasteiger partial charge is 0.443 e. The zero-order chi connectivity index (χ0) is 12.6. The maximum Gasteiger partial charge on any atom is 0.443 e. The molecule has 2 heterocycles. The summed E-state index contributed by atoms with van der Waals surface area (Å²) in [6.45, 7) is 2.11. The predicted molar refractivity (Wildman–Crippen MR) is 55.0 cm³/mol. The summed E-state index contributed by atoms with van der Waals surface area (Å²) < 4.78 is 42.2. The molecule has 0 spiro atoms. The van der Waals surface area contributed by atoms with Gasteiger partial charge in [0.2, 0.25) is 0 Å². The average Bonchev–Trinajstić information content (AvgIpc) is 2.83. The van der Waals surface area contributed by atoms with E-state index < -0.39 is 11.2 Å². The minimum atomic E-state index is -4.48. The van der Waals surface area contributed by atoms with E-state index in [-0.39, 0.29) is 29.3 Å². The molecule has 3 nitrogen and oxygen atoms in total. The van der Waals surface area contributed by atoms with Crippen molar-refractivity contribution in [1.82, 2.24) is 4.98 Å². The average molecular weight is 265 g/mol. The SMILES string of the molecule is CC1CC(C(=O)c2cnc(C(F)(F)F)s2)CO1. The second-order valence-corrected chi connectivity index (χ2v) is 5.00. The molecule has 0 saturated carbocycles. The molecule has 7 heteroatoms. The maximum atomic E-state index is 12.3. The third-order valence-electron chi connectivity index (χ3n) is 2.56. The molecule has 17 heavy (non-hydrogen) atoms. The first kappa shape index (κ1) is 12.5. The fourth-order valence-electron chi connectivity index (χ4n) is 1.72. The summed E-state index contributed by atoms with van der Waals surface area (Å²) in [6.07, 6.45) is -2.95. The lowest BCUT2D eigenvalue weighted by Crippen LogP contribution is -2.13. The fourth-order valence-corrected chi connectivity index (χ4v) is 2.52. The second-order valence-electron chi connectivity index (χ2n) is 3.97. The van der Waals surface area contributed by atoms with E-state index in [2.05, 4.69) is 4.98 Å². The first-order chi connectivity index (χ1) is 7.88. The lowest BCUT2D eigenvalue weighted by molar-refractivity contribution is -0.137. The van der Waals surface area contributed by atoms with E-state index in [9.17, 15) is 18.0 Å². The highest BCUT2D eigenvalue weighted by molar-refractivity contribution is 7.13. The van der Waals surface area contributed by atoms with Crippen LogP contribution in [0.15, 0.2) is 6.20 Å². The molecule has 2 rings (SSSR count). The summed E-state index contributed by atoms with van der Waals surface area (Å²) in [5.41, 5.74) is 0. The van der Waals surface area contributed by atoms with Crippen LogP contribution in [0.3, 0.4) is 0 Å². The number of ether oxygens (including phenoxy) is 1. The number of halogens is 3. The van der Waals surface area contributed by atoms with E-state index >= 15 is 0 Å². The van der Waals surface area contributed by atoms with Gasteiger partial charge in [0.25, 0.3) is 0 Å². The highest BCUT2D eigenvalue weighted by Crippen LogP contribution is 2.34. The van der Waals surface area contributed by atoms with Gasteiger partial charge in [-0.15, -0.1) is 11.3 Å². The molecule has 0 aliphatic carbocycles. The minimum Gasteiger partial charge on any atom is -0.378 e. The van der Waals surface area contributed by atoms with Crippen LogP contribution in [0, 0.1) is 5.92 Å². The summed E-state index contributed by atoms with van der Waals surface area (Å²) in [7, 11) is 0. The Balaban J connectivity index is 2.13. The Kier molecular flexibility index (Phi) is 3.22. The van der Waals surface area contributed by atoms with Gasteiger partial charge in [-0.1, -0.05) is 0 Å². The molecule has 2 unspecified atom stereocenters. The van der Waals surface area contributed by atoms with Crippen LogP contribution in [-0.4, -0.2) is 23.5 Å². The van der Waals surface area contributed by atoms with Gasteiger partial charge < -0.3 is 4.74 Å². The standard InChI is InChI=1S/C10H10F3NO2S/c1-5-2-6(4-16-5)8(15)7-3-14-9(17-7)10(11,12)13/h3,5-6H,2,4H2,1H3. The summed E-state index contributed by atoms with van der Waals surface area (Å²) >= 11 is 0.395.